The van der Waals surface area contributed by atoms with Gasteiger partial charge in [-0.15, -0.1) is 0 Å². The van der Waals surface area contributed by atoms with Crippen molar-refractivity contribution in [3.05, 3.63) is 59.4 Å². The highest BCUT2D eigenvalue weighted by Crippen LogP contribution is 2.13. The van der Waals surface area contributed by atoms with Gasteiger partial charge in [0.2, 0.25) is 0 Å². The lowest BCUT2D eigenvalue weighted by Crippen LogP contribution is -2.18. The molecule has 106 valence electrons. The predicted molar refractivity (Wildman–Crippen MR) is 81.7 cm³/mol. The molecule has 3 nitrogen and oxygen atoms in total. The molecule has 1 unspecified atom stereocenters. The van der Waals surface area contributed by atoms with Gasteiger partial charge in [-0.3, -0.25) is 4.98 Å². The van der Waals surface area contributed by atoms with E-state index in [0.29, 0.717) is 6.61 Å². The summed E-state index contributed by atoms with van der Waals surface area (Å²) < 4.78 is 5.73. The van der Waals surface area contributed by atoms with Crippen molar-refractivity contribution in [1.29, 1.82) is 0 Å². The van der Waals surface area contributed by atoms with Crippen LogP contribution in [0.2, 0.25) is 0 Å². The minimum Gasteiger partial charge on any atom is -0.487 e. The van der Waals surface area contributed by atoms with Gasteiger partial charge < -0.3 is 10.5 Å². The minimum atomic E-state index is 0.131. The van der Waals surface area contributed by atoms with Crippen LogP contribution >= 0.6 is 0 Å². The molecule has 0 aliphatic carbocycles. The molecule has 3 heteroatoms. The molecule has 0 aliphatic heterocycles. The van der Waals surface area contributed by atoms with Gasteiger partial charge in [-0.05, 0) is 36.6 Å². The van der Waals surface area contributed by atoms with Gasteiger partial charge in [0.25, 0.3) is 0 Å². The third-order valence-electron chi connectivity index (χ3n) is 3.17. The summed E-state index contributed by atoms with van der Waals surface area (Å²) in [5, 5.41) is 0. The summed E-state index contributed by atoms with van der Waals surface area (Å²) in [4.78, 5) is 4.35. The summed E-state index contributed by atoms with van der Waals surface area (Å²) in [5.41, 5.74) is 9.26. The Kier molecular flexibility index (Phi) is 5.13. The number of nitrogens with two attached hydrogens (primary N) is 1. The predicted octanol–water partition coefficient (Wildman–Crippen LogP) is 3.11. The van der Waals surface area contributed by atoms with Gasteiger partial charge in [-0.2, -0.15) is 0 Å². The first-order valence-electron chi connectivity index (χ1n) is 7.08. The van der Waals surface area contributed by atoms with Crippen LogP contribution in [0.25, 0.3) is 0 Å². The second-order valence-corrected chi connectivity index (χ2v) is 5.13. The SMILES string of the molecule is CCc1ccc(COc2ccc(CC(C)N)nc2)cc1. The summed E-state index contributed by atoms with van der Waals surface area (Å²) in [5.74, 6) is 0.790. The van der Waals surface area contributed by atoms with Gasteiger partial charge in [0, 0.05) is 18.2 Å². The molecule has 0 saturated heterocycles. The Morgan fingerprint density at radius 3 is 2.35 bits per heavy atom. The Morgan fingerprint density at radius 2 is 1.80 bits per heavy atom. The van der Waals surface area contributed by atoms with Crippen molar-refractivity contribution in [2.75, 3.05) is 0 Å². The van der Waals surface area contributed by atoms with Crippen molar-refractivity contribution in [2.45, 2.75) is 39.3 Å². The van der Waals surface area contributed by atoms with E-state index in [4.69, 9.17) is 10.5 Å². The molecule has 2 aromatic rings. The molecule has 0 saturated carbocycles. The highest BCUT2D eigenvalue weighted by Gasteiger charge is 2.01. The summed E-state index contributed by atoms with van der Waals surface area (Å²) >= 11 is 0. The number of aryl methyl sites for hydroxylation is 1. The molecule has 0 aliphatic rings. The van der Waals surface area contributed by atoms with E-state index in [1.54, 1.807) is 6.20 Å². The fourth-order valence-electron chi connectivity index (χ4n) is 1.98. The normalized spacial score (nSPS) is 12.2. The lowest BCUT2D eigenvalue weighted by Gasteiger charge is -2.08. The van der Waals surface area contributed by atoms with E-state index in [-0.39, 0.29) is 6.04 Å². The summed E-state index contributed by atoms with van der Waals surface area (Å²) in [7, 11) is 0. The maximum absolute atomic E-state index is 5.75. The molecule has 1 atom stereocenters. The number of rotatable bonds is 6. The van der Waals surface area contributed by atoms with Gasteiger partial charge in [0.1, 0.15) is 12.4 Å². The zero-order chi connectivity index (χ0) is 14.4. The molecule has 0 amide bonds. The first kappa shape index (κ1) is 14.5. The molecule has 1 aromatic heterocycles. The molecule has 0 bridgehead atoms. The maximum Gasteiger partial charge on any atom is 0.138 e. The number of aromatic nitrogens is 1. The Bertz CT molecular complexity index is 518. The molecule has 0 spiro atoms. The molecule has 0 fully saturated rings. The van der Waals surface area contributed by atoms with E-state index in [0.717, 1.165) is 24.3 Å². The highest BCUT2D eigenvalue weighted by atomic mass is 16.5. The third kappa shape index (κ3) is 4.35. The number of benzene rings is 1. The van der Waals surface area contributed by atoms with Crippen LogP contribution in [0.1, 0.15) is 30.7 Å². The summed E-state index contributed by atoms with van der Waals surface area (Å²) in [6, 6.07) is 12.6. The number of hydrogen-bond donors (Lipinski definition) is 1. The van der Waals surface area contributed by atoms with Gasteiger partial charge in [0.05, 0.1) is 6.20 Å². The molecule has 20 heavy (non-hydrogen) atoms. The van der Waals surface area contributed by atoms with Crippen molar-refractivity contribution in [3.63, 3.8) is 0 Å². The molecule has 2 rings (SSSR count). The van der Waals surface area contributed by atoms with E-state index in [2.05, 4.69) is 36.2 Å². The standard InChI is InChI=1S/C17H22N2O/c1-3-14-4-6-15(7-5-14)12-20-17-9-8-16(19-11-17)10-13(2)18/h4-9,11,13H,3,10,12,18H2,1-2H3. The zero-order valence-electron chi connectivity index (χ0n) is 12.2. The zero-order valence-corrected chi connectivity index (χ0v) is 12.2. The second-order valence-electron chi connectivity index (χ2n) is 5.13. The lowest BCUT2D eigenvalue weighted by molar-refractivity contribution is 0.304. The van der Waals surface area contributed by atoms with Crippen LogP contribution in [-0.4, -0.2) is 11.0 Å². The molecule has 2 N–H and O–H groups in total. The second kappa shape index (κ2) is 7.06. The topological polar surface area (TPSA) is 48.1 Å². The average Bonchev–Trinajstić information content (AvgIpc) is 2.46. The lowest BCUT2D eigenvalue weighted by atomic mass is 10.1. The number of nitrogens with zero attached hydrogens (tertiary/aromatic N) is 1. The quantitative estimate of drug-likeness (QED) is 0.877. The van der Waals surface area contributed by atoms with Crippen LogP contribution < -0.4 is 10.5 Å². The fraction of sp³-hybridized carbons (Fsp3) is 0.353. The highest BCUT2D eigenvalue weighted by molar-refractivity contribution is 5.24. The third-order valence-corrected chi connectivity index (χ3v) is 3.17. The molecule has 1 aromatic carbocycles. The van der Waals surface area contributed by atoms with Crippen LogP contribution in [0.4, 0.5) is 0 Å². The first-order valence-corrected chi connectivity index (χ1v) is 7.08. The molecular formula is C17H22N2O. The monoisotopic (exact) mass is 270 g/mol. The molecule has 1 heterocycles. The van der Waals surface area contributed by atoms with Crippen LogP contribution in [0, 0.1) is 0 Å². The Morgan fingerprint density at radius 1 is 1.10 bits per heavy atom. The summed E-state index contributed by atoms with van der Waals surface area (Å²) in [6.45, 7) is 4.70. The number of ether oxygens (including phenoxy) is 1. The van der Waals surface area contributed by atoms with Crippen LogP contribution in [0.5, 0.6) is 5.75 Å². The van der Waals surface area contributed by atoms with Crippen molar-refractivity contribution < 1.29 is 4.74 Å². The van der Waals surface area contributed by atoms with Gasteiger partial charge in [-0.25, -0.2) is 0 Å². The van der Waals surface area contributed by atoms with Crippen molar-refractivity contribution >= 4 is 0 Å². The van der Waals surface area contributed by atoms with Crippen molar-refractivity contribution in [3.8, 4) is 5.75 Å². The van der Waals surface area contributed by atoms with Gasteiger partial charge in [-0.1, -0.05) is 31.2 Å². The average molecular weight is 270 g/mol. The molecule has 0 radical (unpaired) electrons. The van der Waals surface area contributed by atoms with Crippen molar-refractivity contribution in [2.24, 2.45) is 5.73 Å². The van der Waals surface area contributed by atoms with E-state index in [1.807, 2.05) is 19.1 Å². The number of pyridine rings is 1. The van der Waals surface area contributed by atoms with Crippen LogP contribution in [-0.2, 0) is 19.4 Å². The minimum absolute atomic E-state index is 0.131. The maximum atomic E-state index is 5.75. The van der Waals surface area contributed by atoms with E-state index < -0.39 is 0 Å². The van der Waals surface area contributed by atoms with E-state index in [9.17, 15) is 0 Å². The molecular weight excluding hydrogens is 248 g/mol. The van der Waals surface area contributed by atoms with E-state index in [1.165, 1.54) is 11.1 Å². The van der Waals surface area contributed by atoms with Crippen molar-refractivity contribution in [1.82, 2.24) is 4.98 Å². The van der Waals surface area contributed by atoms with Crippen LogP contribution in [0.3, 0.4) is 0 Å². The van der Waals surface area contributed by atoms with Gasteiger partial charge in [0.15, 0.2) is 0 Å². The Balaban J connectivity index is 1.89. The van der Waals surface area contributed by atoms with Gasteiger partial charge >= 0.3 is 0 Å². The number of hydrogen-bond acceptors (Lipinski definition) is 3. The Labute approximate surface area is 120 Å². The Hall–Kier alpha value is -1.87. The largest absolute Gasteiger partial charge is 0.487 e. The smallest absolute Gasteiger partial charge is 0.138 e. The summed E-state index contributed by atoms with van der Waals surface area (Å²) in [6.07, 6.45) is 3.61. The van der Waals surface area contributed by atoms with E-state index >= 15 is 0 Å². The van der Waals surface area contributed by atoms with Crippen LogP contribution in [0.15, 0.2) is 42.6 Å². The fourth-order valence-corrected chi connectivity index (χ4v) is 1.98. The first-order chi connectivity index (χ1) is 9.67.